The molecule has 0 amide bonds. The summed E-state index contributed by atoms with van der Waals surface area (Å²) in [5, 5.41) is 7.30. The monoisotopic (exact) mass is 314 g/mol. The summed E-state index contributed by atoms with van der Waals surface area (Å²) < 4.78 is 6.08. The van der Waals surface area contributed by atoms with E-state index in [2.05, 4.69) is 25.8 Å². The predicted octanol–water partition coefficient (Wildman–Crippen LogP) is 1.93. The Morgan fingerprint density at radius 2 is 2.22 bits per heavy atom. The molecule has 5 nitrogen and oxygen atoms in total. The highest BCUT2D eigenvalue weighted by molar-refractivity contribution is 9.10. The standard InChI is InChI=1S/C12H19BrN4O/c1-9-10(13)3-4-12(16-9)17(7-8-18-2)6-5-11(14)15/h3-4H,5-8H2,1-2H3,(H3,14,15). The molecule has 0 saturated heterocycles. The third-order valence-electron chi connectivity index (χ3n) is 2.55. The van der Waals surface area contributed by atoms with E-state index in [1.165, 1.54) is 0 Å². The topological polar surface area (TPSA) is 75.2 Å². The average molecular weight is 315 g/mol. The molecule has 0 aliphatic carbocycles. The van der Waals surface area contributed by atoms with Crippen molar-refractivity contribution in [1.82, 2.24) is 4.98 Å². The number of methoxy groups -OCH3 is 1. The number of hydrogen-bond donors (Lipinski definition) is 2. The van der Waals surface area contributed by atoms with Gasteiger partial charge in [0, 0.05) is 31.1 Å². The van der Waals surface area contributed by atoms with Gasteiger partial charge in [0.15, 0.2) is 0 Å². The van der Waals surface area contributed by atoms with Crippen LogP contribution in [0.15, 0.2) is 16.6 Å². The lowest BCUT2D eigenvalue weighted by molar-refractivity contribution is 0.205. The normalized spacial score (nSPS) is 10.4. The number of nitrogens with one attached hydrogen (secondary N) is 1. The number of ether oxygens (including phenoxy) is 1. The molecule has 0 aromatic carbocycles. The average Bonchev–Trinajstić information content (AvgIpc) is 2.33. The molecule has 0 saturated carbocycles. The van der Waals surface area contributed by atoms with Gasteiger partial charge in [0.1, 0.15) is 5.82 Å². The van der Waals surface area contributed by atoms with Crippen molar-refractivity contribution in [1.29, 1.82) is 5.41 Å². The van der Waals surface area contributed by atoms with Crippen molar-refractivity contribution in [2.75, 3.05) is 31.7 Å². The second-order valence-electron chi connectivity index (χ2n) is 3.99. The molecule has 0 atom stereocenters. The molecule has 6 heteroatoms. The van der Waals surface area contributed by atoms with Crippen molar-refractivity contribution < 1.29 is 4.74 Å². The van der Waals surface area contributed by atoms with Crippen molar-refractivity contribution >= 4 is 27.6 Å². The van der Waals surface area contributed by atoms with E-state index in [9.17, 15) is 0 Å². The first kappa shape index (κ1) is 14.9. The Labute approximate surface area is 116 Å². The molecular weight excluding hydrogens is 296 g/mol. The molecule has 1 rings (SSSR count). The second-order valence-corrected chi connectivity index (χ2v) is 4.85. The van der Waals surface area contributed by atoms with Crippen LogP contribution in [0.5, 0.6) is 0 Å². The summed E-state index contributed by atoms with van der Waals surface area (Å²) in [6, 6.07) is 3.93. The van der Waals surface area contributed by atoms with Gasteiger partial charge >= 0.3 is 0 Å². The van der Waals surface area contributed by atoms with Crippen LogP contribution in [-0.4, -0.2) is 37.6 Å². The molecule has 18 heavy (non-hydrogen) atoms. The van der Waals surface area contributed by atoms with Crippen LogP contribution < -0.4 is 10.6 Å². The van der Waals surface area contributed by atoms with Gasteiger partial charge in [-0.05, 0) is 35.0 Å². The van der Waals surface area contributed by atoms with E-state index in [-0.39, 0.29) is 5.84 Å². The number of amidine groups is 1. The molecular formula is C12H19BrN4O. The van der Waals surface area contributed by atoms with E-state index in [1.807, 2.05) is 19.1 Å². The molecule has 1 heterocycles. The Bertz CT molecular complexity index is 411. The summed E-state index contributed by atoms with van der Waals surface area (Å²) in [6.45, 7) is 3.98. The Hall–Kier alpha value is -1.14. The first-order valence-corrected chi connectivity index (χ1v) is 6.54. The Kier molecular flexibility index (Phi) is 6.07. The third-order valence-corrected chi connectivity index (χ3v) is 3.39. The lowest BCUT2D eigenvalue weighted by atomic mass is 10.3. The Morgan fingerprint density at radius 3 is 2.78 bits per heavy atom. The van der Waals surface area contributed by atoms with E-state index in [0.717, 1.165) is 22.5 Å². The highest BCUT2D eigenvalue weighted by Gasteiger charge is 2.09. The molecule has 100 valence electrons. The molecule has 3 N–H and O–H groups in total. The van der Waals surface area contributed by atoms with Gasteiger partial charge in [-0.15, -0.1) is 0 Å². The van der Waals surface area contributed by atoms with Gasteiger partial charge in [0.2, 0.25) is 0 Å². The molecule has 1 aromatic rings. The van der Waals surface area contributed by atoms with Crippen LogP contribution in [0.3, 0.4) is 0 Å². The fourth-order valence-corrected chi connectivity index (χ4v) is 1.73. The van der Waals surface area contributed by atoms with Crippen LogP contribution >= 0.6 is 15.9 Å². The first-order valence-electron chi connectivity index (χ1n) is 5.74. The minimum Gasteiger partial charge on any atom is -0.388 e. The van der Waals surface area contributed by atoms with Gasteiger partial charge in [0.25, 0.3) is 0 Å². The molecule has 0 unspecified atom stereocenters. The number of aryl methyl sites for hydroxylation is 1. The fourth-order valence-electron chi connectivity index (χ4n) is 1.50. The van der Waals surface area contributed by atoms with Crippen molar-refractivity contribution in [2.24, 2.45) is 5.73 Å². The van der Waals surface area contributed by atoms with Gasteiger partial charge in [0.05, 0.1) is 18.1 Å². The van der Waals surface area contributed by atoms with Crippen LogP contribution in [0, 0.1) is 12.3 Å². The number of nitrogens with zero attached hydrogens (tertiary/aromatic N) is 2. The van der Waals surface area contributed by atoms with Crippen LogP contribution in [0.1, 0.15) is 12.1 Å². The molecule has 1 aromatic heterocycles. The molecule has 0 spiro atoms. The zero-order valence-electron chi connectivity index (χ0n) is 10.7. The highest BCUT2D eigenvalue weighted by atomic mass is 79.9. The van der Waals surface area contributed by atoms with Gasteiger partial charge in [-0.1, -0.05) is 0 Å². The van der Waals surface area contributed by atoms with Crippen molar-refractivity contribution in [3.05, 3.63) is 22.3 Å². The number of hydrogen-bond acceptors (Lipinski definition) is 4. The van der Waals surface area contributed by atoms with Crippen LogP contribution in [0.2, 0.25) is 0 Å². The maximum absolute atomic E-state index is 7.30. The molecule has 0 bridgehead atoms. The zero-order chi connectivity index (χ0) is 13.5. The SMILES string of the molecule is COCCN(CCC(=N)N)c1ccc(Br)c(C)n1. The van der Waals surface area contributed by atoms with Gasteiger partial charge in [-0.3, -0.25) is 5.41 Å². The Balaban J connectivity index is 2.79. The van der Waals surface area contributed by atoms with Gasteiger partial charge < -0.3 is 15.4 Å². The second kappa shape index (κ2) is 7.33. The summed E-state index contributed by atoms with van der Waals surface area (Å²) in [4.78, 5) is 6.59. The number of halogens is 1. The van der Waals surface area contributed by atoms with Crippen molar-refractivity contribution in [3.8, 4) is 0 Å². The highest BCUT2D eigenvalue weighted by Crippen LogP contribution is 2.19. The lowest BCUT2D eigenvalue weighted by Crippen LogP contribution is -2.31. The van der Waals surface area contributed by atoms with E-state index >= 15 is 0 Å². The summed E-state index contributed by atoms with van der Waals surface area (Å²) in [5.41, 5.74) is 6.34. The first-order chi connectivity index (χ1) is 8.54. The summed E-state index contributed by atoms with van der Waals surface area (Å²) >= 11 is 3.43. The summed E-state index contributed by atoms with van der Waals surface area (Å²) in [5.74, 6) is 1.07. The fraction of sp³-hybridized carbons (Fsp3) is 0.500. The maximum Gasteiger partial charge on any atom is 0.128 e. The predicted molar refractivity (Wildman–Crippen MR) is 77.3 cm³/mol. The number of nitrogens with two attached hydrogens (primary N) is 1. The minimum absolute atomic E-state index is 0.186. The van der Waals surface area contributed by atoms with Crippen molar-refractivity contribution in [2.45, 2.75) is 13.3 Å². The van der Waals surface area contributed by atoms with Crippen molar-refractivity contribution in [3.63, 3.8) is 0 Å². The van der Waals surface area contributed by atoms with Crippen LogP contribution in [-0.2, 0) is 4.74 Å². The largest absolute Gasteiger partial charge is 0.388 e. The van der Waals surface area contributed by atoms with E-state index in [0.29, 0.717) is 19.6 Å². The van der Waals surface area contributed by atoms with E-state index in [1.54, 1.807) is 7.11 Å². The third kappa shape index (κ3) is 4.62. The van der Waals surface area contributed by atoms with Crippen LogP contribution in [0.25, 0.3) is 0 Å². The molecule has 0 aliphatic rings. The molecule has 0 radical (unpaired) electrons. The number of pyridine rings is 1. The Morgan fingerprint density at radius 1 is 1.50 bits per heavy atom. The maximum atomic E-state index is 7.30. The number of anilines is 1. The lowest BCUT2D eigenvalue weighted by Gasteiger charge is -2.23. The number of aromatic nitrogens is 1. The summed E-state index contributed by atoms with van der Waals surface area (Å²) in [6.07, 6.45) is 0.528. The summed E-state index contributed by atoms with van der Waals surface area (Å²) in [7, 11) is 1.67. The smallest absolute Gasteiger partial charge is 0.128 e. The minimum atomic E-state index is 0.186. The van der Waals surface area contributed by atoms with Gasteiger partial charge in [-0.2, -0.15) is 0 Å². The molecule has 0 fully saturated rings. The number of rotatable bonds is 7. The molecule has 0 aliphatic heterocycles. The quantitative estimate of drug-likeness (QED) is 0.595. The van der Waals surface area contributed by atoms with E-state index < -0.39 is 0 Å². The van der Waals surface area contributed by atoms with Gasteiger partial charge in [-0.25, -0.2) is 4.98 Å². The van der Waals surface area contributed by atoms with E-state index in [4.69, 9.17) is 15.9 Å². The van der Waals surface area contributed by atoms with Crippen LogP contribution in [0.4, 0.5) is 5.82 Å². The zero-order valence-corrected chi connectivity index (χ0v) is 12.3.